The molecule has 1 unspecified atom stereocenters. The average Bonchev–Trinajstić information content (AvgIpc) is 3.43. The van der Waals surface area contributed by atoms with Gasteiger partial charge in [0.25, 0.3) is 0 Å². The summed E-state index contributed by atoms with van der Waals surface area (Å²) in [5.41, 5.74) is 0.0526. The van der Waals surface area contributed by atoms with E-state index in [0.29, 0.717) is 6.04 Å². The molecule has 2 heterocycles. The topological polar surface area (TPSA) is 73.0 Å². The van der Waals surface area contributed by atoms with Crippen LogP contribution in [0.3, 0.4) is 0 Å². The van der Waals surface area contributed by atoms with E-state index in [-0.39, 0.29) is 16.7 Å². The summed E-state index contributed by atoms with van der Waals surface area (Å²) in [4.78, 5) is 13.3. The lowest BCUT2D eigenvalue weighted by Crippen LogP contribution is -2.60. The second-order valence-corrected chi connectivity index (χ2v) is 12.2. The number of hydrogen-bond donors (Lipinski definition) is 1. The van der Waals surface area contributed by atoms with Gasteiger partial charge in [-0.3, -0.25) is 9.36 Å². The Morgan fingerprint density at radius 1 is 1.12 bits per heavy atom. The van der Waals surface area contributed by atoms with Crippen molar-refractivity contribution in [2.45, 2.75) is 99.5 Å². The number of amides is 1. The SMILES string of the molecule is CC(Sc1nnc(-c2ccco2)n1C1CCCCC1)C(=O)NC12CC3CC(CC(C3)C1)C2. The van der Waals surface area contributed by atoms with Crippen LogP contribution in [0.4, 0.5) is 0 Å². The summed E-state index contributed by atoms with van der Waals surface area (Å²) in [7, 11) is 0. The number of hydrogen-bond acceptors (Lipinski definition) is 5. The number of furan rings is 1. The molecule has 0 aliphatic heterocycles. The Labute approximate surface area is 194 Å². The molecule has 5 aliphatic carbocycles. The second kappa shape index (κ2) is 8.23. The molecule has 5 fully saturated rings. The van der Waals surface area contributed by atoms with Crippen LogP contribution in [0.25, 0.3) is 11.6 Å². The fraction of sp³-hybridized carbons (Fsp3) is 0.720. The molecule has 172 valence electrons. The summed E-state index contributed by atoms with van der Waals surface area (Å²) in [5, 5.41) is 13.2. The lowest BCUT2D eigenvalue weighted by atomic mass is 9.53. The summed E-state index contributed by atoms with van der Waals surface area (Å²) in [6, 6.07) is 4.21. The first kappa shape index (κ1) is 20.8. The summed E-state index contributed by atoms with van der Waals surface area (Å²) >= 11 is 1.55. The summed E-state index contributed by atoms with van der Waals surface area (Å²) in [5.74, 6) is 4.19. The molecule has 0 aromatic carbocycles. The maximum absolute atomic E-state index is 13.3. The minimum atomic E-state index is -0.195. The zero-order valence-electron chi connectivity index (χ0n) is 19.0. The van der Waals surface area contributed by atoms with Gasteiger partial charge in [-0.15, -0.1) is 10.2 Å². The van der Waals surface area contributed by atoms with Crippen molar-refractivity contribution in [1.82, 2.24) is 20.1 Å². The molecule has 32 heavy (non-hydrogen) atoms. The van der Waals surface area contributed by atoms with Gasteiger partial charge in [0.1, 0.15) is 0 Å². The zero-order chi connectivity index (χ0) is 21.7. The molecule has 1 amide bonds. The largest absolute Gasteiger partial charge is 0.461 e. The number of carbonyl (C=O) groups is 1. The quantitative estimate of drug-likeness (QED) is 0.575. The van der Waals surface area contributed by atoms with Gasteiger partial charge in [0.15, 0.2) is 10.9 Å². The molecule has 7 rings (SSSR count). The van der Waals surface area contributed by atoms with E-state index in [1.165, 1.54) is 57.8 Å². The van der Waals surface area contributed by atoms with E-state index < -0.39 is 0 Å². The molecular formula is C25H34N4O2S. The third-order valence-electron chi connectivity index (χ3n) is 8.42. The van der Waals surface area contributed by atoms with E-state index in [0.717, 1.165) is 47.3 Å². The molecule has 5 saturated carbocycles. The molecule has 2 aromatic rings. The van der Waals surface area contributed by atoms with Gasteiger partial charge in [-0.1, -0.05) is 31.0 Å². The predicted octanol–water partition coefficient (Wildman–Crippen LogP) is 5.61. The van der Waals surface area contributed by atoms with E-state index in [4.69, 9.17) is 4.42 Å². The third-order valence-corrected chi connectivity index (χ3v) is 9.48. The van der Waals surface area contributed by atoms with Gasteiger partial charge in [-0.05, 0) is 88.2 Å². The van der Waals surface area contributed by atoms with Crippen LogP contribution in [0, 0.1) is 17.8 Å². The molecule has 0 radical (unpaired) electrons. The first-order valence-electron chi connectivity index (χ1n) is 12.6. The van der Waals surface area contributed by atoms with Crippen LogP contribution in [0.5, 0.6) is 0 Å². The fourth-order valence-corrected chi connectivity index (χ4v) is 8.36. The first-order valence-corrected chi connectivity index (χ1v) is 13.4. The average molecular weight is 455 g/mol. The molecule has 1 atom stereocenters. The number of thioether (sulfide) groups is 1. The predicted molar refractivity (Wildman–Crippen MR) is 124 cm³/mol. The highest BCUT2D eigenvalue weighted by Crippen LogP contribution is 2.55. The number of carbonyl (C=O) groups excluding carboxylic acids is 1. The molecular weight excluding hydrogens is 420 g/mol. The fourth-order valence-electron chi connectivity index (χ4n) is 7.44. The molecule has 5 aliphatic rings. The Morgan fingerprint density at radius 3 is 2.44 bits per heavy atom. The Bertz CT molecular complexity index is 927. The number of nitrogens with one attached hydrogen (secondary N) is 1. The van der Waals surface area contributed by atoms with Gasteiger partial charge >= 0.3 is 0 Å². The van der Waals surface area contributed by atoms with Crippen molar-refractivity contribution in [2.75, 3.05) is 0 Å². The third kappa shape index (κ3) is 3.80. The molecule has 2 aromatic heterocycles. The maximum Gasteiger partial charge on any atom is 0.233 e. The van der Waals surface area contributed by atoms with Crippen molar-refractivity contribution >= 4 is 17.7 Å². The second-order valence-electron chi connectivity index (χ2n) is 10.9. The Kier molecular flexibility index (Phi) is 5.35. The smallest absolute Gasteiger partial charge is 0.233 e. The van der Waals surface area contributed by atoms with Crippen LogP contribution in [-0.2, 0) is 4.79 Å². The summed E-state index contributed by atoms with van der Waals surface area (Å²) in [6.07, 6.45) is 15.4. The Balaban J connectivity index is 1.20. The maximum atomic E-state index is 13.3. The van der Waals surface area contributed by atoms with Crippen LogP contribution in [0.15, 0.2) is 28.0 Å². The monoisotopic (exact) mass is 454 g/mol. The summed E-state index contributed by atoms with van der Waals surface area (Å²) < 4.78 is 7.91. The van der Waals surface area contributed by atoms with Crippen LogP contribution in [-0.4, -0.2) is 31.5 Å². The highest BCUT2D eigenvalue weighted by molar-refractivity contribution is 8.00. The van der Waals surface area contributed by atoms with Gasteiger partial charge in [-0.25, -0.2) is 0 Å². The van der Waals surface area contributed by atoms with E-state index in [9.17, 15) is 4.79 Å². The lowest BCUT2D eigenvalue weighted by Gasteiger charge is -2.57. The Morgan fingerprint density at radius 2 is 1.81 bits per heavy atom. The van der Waals surface area contributed by atoms with Crippen LogP contribution >= 0.6 is 11.8 Å². The highest BCUT2D eigenvalue weighted by Gasteiger charge is 2.51. The Hall–Kier alpha value is -1.76. The van der Waals surface area contributed by atoms with Gasteiger partial charge in [-0.2, -0.15) is 0 Å². The number of rotatable bonds is 6. The molecule has 4 bridgehead atoms. The molecule has 0 saturated heterocycles. The highest BCUT2D eigenvalue weighted by atomic mass is 32.2. The number of aromatic nitrogens is 3. The van der Waals surface area contributed by atoms with E-state index in [2.05, 4.69) is 20.1 Å². The van der Waals surface area contributed by atoms with Crippen LogP contribution < -0.4 is 5.32 Å². The van der Waals surface area contributed by atoms with E-state index >= 15 is 0 Å². The minimum Gasteiger partial charge on any atom is -0.461 e. The van der Waals surface area contributed by atoms with Crippen molar-refractivity contribution in [2.24, 2.45) is 17.8 Å². The van der Waals surface area contributed by atoms with Gasteiger partial charge in [0.2, 0.25) is 11.7 Å². The molecule has 1 N–H and O–H groups in total. The van der Waals surface area contributed by atoms with Crippen LogP contribution in [0.2, 0.25) is 0 Å². The van der Waals surface area contributed by atoms with E-state index in [1.54, 1.807) is 18.0 Å². The summed E-state index contributed by atoms with van der Waals surface area (Å²) in [6.45, 7) is 2.02. The van der Waals surface area contributed by atoms with Crippen molar-refractivity contribution in [3.63, 3.8) is 0 Å². The van der Waals surface area contributed by atoms with E-state index in [1.807, 2.05) is 19.1 Å². The normalized spacial score (nSPS) is 32.8. The standard InChI is InChI=1S/C25H34N4O2S/c1-16(23(30)26-25-13-17-10-18(14-25)12-19(11-17)15-25)32-24-28-27-22(21-8-5-9-31-21)29(24)20-6-3-2-4-7-20/h5,8-9,16-20H,2-4,6-7,10-15H2,1H3,(H,26,30). The van der Waals surface area contributed by atoms with Gasteiger partial charge < -0.3 is 9.73 Å². The zero-order valence-corrected chi connectivity index (χ0v) is 19.8. The molecule has 7 heteroatoms. The first-order chi connectivity index (χ1) is 15.6. The van der Waals surface area contributed by atoms with Crippen molar-refractivity contribution in [3.8, 4) is 11.6 Å². The van der Waals surface area contributed by atoms with Gasteiger partial charge in [0.05, 0.1) is 11.5 Å². The van der Waals surface area contributed by atoms with Crippen molar-refractivity contribution < 1.29 is 9.21 Å². The van der Waals surface area contributed by atoms with Crippen LogP contribution in [0.1, 0.15) is 83.6 Å². The van der Waals surface area contributed by atoms with Gasteiger partial charge in [0, 0.05) is 11.6 Å². The van der Waals surface area contributed by atoms with Crippen molar-refractivity contribution in [3.05, 3.63) is 18.4 Å². The molecule has 0 spiro atoms. The van der Waals surface area contributed by atoms with Crippen molar-refractivity contribution in [1.29, 1.82) is 0 Å². The minimum absolute atomic E-state index is 0.0526. The molecule has 6 nitrogen and oxygen atoms in total. The number of nitrogens with zero attached hydrogens (tertiary/aromatic N) is 3. The lowest BCUT2D eigenvalue weighted by molar-refractivity contribution is -0.126.